The van der Waals surface area contributed by atoms with E-state index in [4.69, 9.17) is 9.47 Å². The van der Waals surface area contributed by atoms with Crippen LogP contribution in [0.25, 0.3) is 0 Å². The summed E-state index contributed by atoms with van der Waals surface area (Å²) < 4.78 is 11.9. The largest absolute Gasteiger partial charge is 0.489 e. The lowest BCUT2D eigenvalue weighted by Gasteiger charge is -2.39. The highest BCUT2D eigenvalue weighted by Crippen LogP contribution is 2.34. The molecule has 35 heavy (non-hydrogen) atoms. The van der Waals surface area contributed by atoms with E-state index in [0.29, 0.717) is 49.1 Å². The lowest BCUT2D eigenvalue weighted by atomic mass is 10.0. The molecular formula is C28H33N3O4. The third-order valence-corrected chi connectivity index (χ3v) is 6.96. The number of likely N-dealkylation sites (tertiary alicyclic amines) is 1. The number of amides is 2. The Hall–Kier alpha value is -3.16. The fourth-order valence-electron chi connectivity index (χ4n) is 4.97. The molecule has 2 aromatic rings. The van der Waals surface area contributed by atoms with Crippen LogP contribution in [0.2, 0.25) is 0 Å². The molecule has 0 aliphatic carbocycles. The lowest BCUT2D eigenvalue weighted by Crippen LogP contribution is -2.51. The molecule has 3 aliphatic rings. The zero-order valence-electron chi connectivity index (χ0n) is 20.3. The van der Waals surface area contributed by atoms with E-state index >= 15 is 0 Å². The molecule has 2 fully saturated rings. The fraction of sp³-hybridized carbons (Fsp3) is 0.429. The smallest absolute Gasteiger partial charge is 0.255 e. The van der Waals surface area contributed by atoms with Gasteiger partial charge in [0.05, 0.1) is 12.6 Å². The van der Waals surface area contributed by atoms with Crippen molar-refractivity contribution >= 4 is 11.8 Å². The molecule has 0 spiro atoms. The first-order valence-electron chi connectivity index (χ1n) is 12.5. The molecule has 0 bridgehead atoms. The van der Waals surface area contributed by atoms with Gasteiger partial charge in [-0.05, 0) is 42.5 Å². The van der Waals surface area contributed by atoms with Crippen LogP contribution >= 0.6 is 0 Å². The Morgan fingerprint density at radius 2 is 1.86 bits per heavy atom. The second-order valence-electron chi connectivity index (χ2n) is 9.65. The second-order valence-corrected chi connectivity index (χ2v) is 9.65. The van der Waals surface area contributed by atoms with Gasteiger partial charge in [-0.25, -0.2) is 0 Å². The van der Waals surface area contributed by atoms with E-state index in [9.17, 15) is 9.59 Å². The summed E-state index contributed by atoms with van der Waals surface area (Å²) in [6, 6.07) is 13.6. The van der Waals surface area contributed by atoms with Gasteiger partial charge in [0.15, 0.2) is 0 Å². The van der Waals surface area contributed by atoms with Crippen LogP contribution in [0.4, 0.5) is 0 Å². The van der Waals surface area contributed by atoms with Crippen molar-refractivity contribution < 1.29 is 19.1 Å². The minimum atomic E-state index is -0.472. The molecule has 5 rings (SSSR count). The number of hydrogen-bond donors (Lipinski definition) is 1. The summed E-state index contributed by atoms with van der Waals surface area (Å²) in [5.74, 6) is 0.421. The van der Waals surface area contributed by atoms with Crippen molar-refractivity contribution in [2.75, 3.05) is 19.7 Å². The highest BCUT2D eigenvalue weighted by atomic mass is 16.5. The summed E-state index contributed by atoms with van der Waals surface area (Å²) in [5, 5.41) is 2.78. The van der Waals surface area contributed by atoms with Crippen LogP contribution in [0.3, 0.4) is 0 Å². The van der Waals surface area contributed by atoms with E-state index in [1.807, 2.05) is 18.2 Å². The normalized spacial score (nSPS) is 20.5. The number of fused-ring (bicyclic) bond motifs is 1. The quantitative estimate of drug-likeness (QED) is 0.600. The fourth-order valence-corrected chi connectivity index (χ4v) is 4.97. The van der Waals surface area contributed by atoms with Crippen molar-refractivity contribution in [3.63, 3.8) is 0 Å². The molecule has 184 valence electrons. The van der Waals surface area contributed by atoms with E-state index in [2.05, 4.69) is 48.0 Å². The Bertz CT molecular complexity index is 1110. The molecule has 0 radical (unpaired) electrons. The van der Waals surface area contributed by atoms with Crippen LogP contribution in [0.5, 0.6) is 5.75 Å². The molecule has 3 aliphatic heterocycles. The molecule has 2 aromatic carbocycles. The molecule has 3 heterocycles. The van der Waals surface area contributed by atoms with Gasteiger partial charge in [-0.15, -0.1) is 0 Å². The van der Waals surface area contributed by atoms with Crippen molar-refractivity contribution in [1.82, 2.24) is 15.1 Å². The molecular weight excluding hydrogens is 442 g/mol. The SMILES string of the molecule is C=C1CCC(N2Cc3c(OCc4ccc(CN5CC(OCCC)C5)cc4)cccc3C2=O)C(=O)N1. The molecule has 2 saturated heterocycles. The van der Waals surface area contributed by atoms with Crippen LogP contribution in [0, 0.1) is 0 Å². The number of piperidine rings is 1. The van der Waals surface area contributed by atoms with Crippen LogP contribution in [-0.2, 0) is 29.2 Å². The monoisotopic (exact) mass is 475 g/mol. The Balaban J connectivity index is 1.17. The minimum Gasteiger partial charge on any atom is -0.489 e. The Morgan fingerprint density at radius 1 is 1.09 bits per heavy atom. The number of nitrogens with one attached hydrogen (secondary N) is 1. The molecule has 0 saturated carbocycles. The highest BCUT2D eigenvalue weighted by Gasteiger charge is 2.39. The first-order chi connectivity index (χ1) is 17.0. The Labute approximate surface area is 206 Å². The lowest BCUT2D eigenvalue weighted by molar-refractivity contribution is -0.126. The number of allylic oxidation sites excluding steroid dienone is 1. The van der Waals surface area contributed by atoms with Gasteiger partial charge in [0.25, 0.3) is 5.91 Å². The molecule has 7 nitrogen and oxygen atoms in total. The molecule has 1 atom stereocenters. The maximum Gasteiger partial charge on any atom is 0.255 e. The Morgan fingerprint density at radius 3 is 2.60 bits per heavy atom. The number of ether oxygens (including phenoxy) is 2. The maximum atomic E-state index is 13.0. The van der Waals surface area contributed by atoms with Gasteiger partial charge in [0.2, 0.25) is 5.91 Å². The number of nitrogens with zero attached hydrogens (tertiary/aromatic N) is 2. The van der Waals surface area contributed by atoms with Crippen molar-refractivity contribution in [2.45, 2.75) is 58.0 Å². The van der Waals surface area contributed by atoms with Crippen LogP contribution in [0.1, 0.15) is 53.2 Å². The zero-order chi connectivity index (χ0) is 24.4. The average molecular weight is 476 g/mol. The van der Waals surface area contributed by atoms with Gasteiger partial charge >= 0.3 is 0 Å². The van der Waals surface area contributed by atoms with Gasteiger partial charge in [0, 0.05) is 43.1 Å². The second kappa shape index (κ2) is 10.2. The van der Waals surface area contributed by atoms with E-state index in [1.165, 1.54) is 5.56 Å². The summed E-state index contributed by atoms with van der Waals surface area (Å²) in [6.07, 6.45) is 2.72. The van der Waals surface area contributed by atoms with Crippen molar-refractivity contribution in [3.05, 3.63) is 77.0 Å². The maximum absolute atomic E-state index is 13.0. The van der Waals surface area contributed by atoms with Crippen LogP contribution in [-0.4, -0.2) is 53.5 Å². The molecule has 7 heteroatoms. The molecule has 1 N–H and O–H groups in total. The minimum absolute atomic E-state index is 0.115. The van der Waals surface area contributed by atoms with Gasteiger partial charge < -0.3 is 19.7 Å². The summed E-state index contributed by atoms with van der Waals surface area (Å²) >= 11 is 0. The number of hydrogen-bond acceptors (Lipinski definition) is 5. The van der Waals surface area contributed by atoms with Gasteiger partial charge in [-0.3, -0.25) is 14.5 Å². The van der Waals surface area contributed by atoms with E-state index in [0.717, 1.165) is 43.8 Å². The first-order valence-corrected chi connectivity index (χ1v) is 12.5. The standard InChI is InChI=1S/C28H33N3O4/c1-3-13-34-22-15-30(16-22)14-20-8-10-21(11-9-20)18-35-26-6-4-5-23-24(26)17-31(28(23)33)25-12-7-19(2)29-27(25)32/h4-6,8-11,22,25H,2-3,7,12-18H2,1H3,(H,29,32). The number of carbonyl (C=O) groups excluding carboxylic acids is 2. The predicted octanol–water partition coefficient (Wildman–Crippen LogP) is 3.62. The zero-order valence-corrected chi connectivity index (χ0v) is 20.3. The number of benzene rings is 2. The molecule has 1 unspecified atom stereocenters. The summed E-state index contributed by atoms with van der Waals surface area (Å²) in [6.45, 7) is 10.5. The van der Waals surface area contributed by atoms with Crippen molar-refractivity contribution in [1.29, 1.82) is 0 Å². The van der Waals surface area contributed by atoms with E-state index < -0.39 is 6.04 Å². The predicted molar refractivity (Wildman–Crippen MR) is 133 cm³/mol. The molecule has 2 amide bonds. The van der Waals surface area contributed by atoms with Gasteiger partial charge in [0.1, 0.15) is 18.4 Å². The van der Waals surface area contributed by atoms with Crippen LogP contribution in [0.15, 0.2) is 54.7 Å². The number of carbonyl (C=O) groups is 2. The summed E-state index contributed by atoms with van der Waals surface area (Å²) in [7, 11) is 0. The molecule has 0 aromatic heterocycles. The van der Waals surface area contributed by atoms with Crippen molar-refractivity contribution in [2.24, 2.45) is 0 Å². The highest BCUT2D eigenvalue weighted by molar-refractivity contribution is 6.02. The van der Waals surface area contributed by atoms with E-state index in [1.54, 1.807) is 4.90 Å². The first kappa shape index (κ1) is 23.6. The third kappa shape index (κ3) is 5.11. The van der Waals surface area contributed by atoms with Gasteiger partial charge in [-0.1, -0.05) is 43.8 Å². The average Bonchev–Trinajstić information content (AvgIpc) is 3.16. The third-order valence-electron chi connectivity index (χ3n) is 6.96. The van der Waals surface area contributed by atoms with Gasteiger partial charge in [-0.2, -0.15) is 0 Å². The number of rotatable bonds is 9. The topological polar surface area (TPSA) is 71.1 Å². The van der Waals surface area contributed by atoms with Crippen LogP contribution < -0.4 is 10.1 Å². The summed E-state index contributed by atoms with van der Waals surface area (Å²) in [4.78, 5) is 29.5. The summed E-state index contributed by atoms with van der Waals surface area (Å²) in [5.41, 5.74) is 4.53. The van der Waals surface area contributed by atoms with Crippen molar-refractivity contribution in [3.8, 4) is 5.75 Å². The Kier molecular flexibility index (Phi) is 6.88. The van der Waals surface area contributed by atoms with E-state index in [-0.39, 0.29) is 11.8 Å².